The highest BCUT2D eigenvalue weighted by Gasteiger charge is 2.20. The van der Waals surface area contributed by atoms with E-state index in [2.05, 4.69) is 15.5 Å². The number of nitrogens with two attached hydrogens (primary N) is 1. The number of anilines is 1. The number of hydrogen-bond acceptors (Lipinski definition) is 5. The molecule has 1 heterocycles. The highest BCUT2D eigenvalue weighted by molar-refractivity contribution is 8.00. The molecule has 0 aliphatic carbocycles. The number of benzene rings is 1. The second kappa shape index (κ2) is 8.84. The Balaban J connectivity index is 2.08. The Morgan fingerprint density at radius 3 is 2.50 bits per heavy atom. The predicted molar refractivity (Wildman–Crippen MR) is 103 cm³/mol. The minimum absolute atomic E-state index is 0.0864. The third-order valence-corrected chi connectivity index (χ3v) is 5.17. The van der Waals surface area contributed by atoms with Crippen molar-refractivity contribution in [1.29, 1.82) is 0 Å². The number of nitrogens with one attached hydrogen (secondary N) is 1. The Morgan fingerprint density at radius 2 is 1.92 bits per heavy atom. The molecule has 2 aromatic rings. The Labute approximate surface area is 157 Å². The van der Waals surface area contributed by atoms with Crippen LogP contribution < -0.4 is 11.1 Å². The highest BCUT2D eigenvalue weighted by Crippen LogP contribution is 2.25. The van der Waals surface area contributed by atoms with Gasteiger partial charge in [-0.1, -0.05) is 30.0 Å². The largest absolute Gasteiger partial charge is 0.370 e. The van der Waals surface area contributed by atoms with Crippen molar-refractivity contribution >= 4 is 29.3 Å². The van der Waals surface area contributed by atoms with Crippen molar-refractivity contribution in [3.8, 4) is 0 Å². The van der Waals surface area contributed by atoms with Gasteiger partial charge in [-0.15, -0.1) is 10.2 Å². The predicted octanol–water partition coefficient (Wildman–Crippen LogP) is 2.45. The van der Waals surface area contributed by atoms with E-state index in [0.717, 1.165) is 16.8 Å². The van der Waals surface area contributed by atoms with Crippen LogP contribution in [0.4, 0.5) is 5.69 Å². The van der Waals surface area contributed by atoms with E-state index in [1.165, 1.54) is 11.8 Å². The molecule has 1 aromatic carbocycles. The number of rotatable bonds is 8. The SMILES string of the molecule is CCn1c(CCC(N)=O)nnc1S[C@H](C)C(=O)Nc1c(C)cccc1C. The molecule has 0 fully saturated rings. The summed E-state index contributed by atoms with van der Waals surface area (Å²) in [5.41, 5.74) is 8.11. The van der Waals surface area contributed by atoms with Crippen LogP contribution in [0.15, 0.2) is 23.4 Å². The summed E-state index contributed by atoms with van der Waals surface area (Å²) < 4.78 is 1.91. The molecule has 0 spiro atoms. The van der Waals surface area contributed by atoms with Crippen molar-refractivity contribution in [3.63, 3.8) is 0 Å². The van der Waals surface area contributed by atoms with Crippen LogP contribution in [0.25, 0.3) is 0 Å². The fourth-order valence-corrected chi connectivity index (χ4v) is 3.52. The topological polar surface area (TPSA) is 103 Å². The lowest BCUT2D eigenvalue weighted by Gasteiger charge is -2.15. The van der Waals surface area contributed by atoms with Crippen LogP contribution >= 0.6 is 11.8 Å². The normalized spacial score (nSPS) is 12.0. The Kier molecular flexibility index (Phi) is 6.79. The molecule has 0 saturated carbocycles. The van der Waals surface area contributed by atoms with E-state index in [-0.39, 0.29) is 23.5 Å². The van der Waals surface area contributed by atoms with Gasteiger partial charge in [0.1, 0.15) is 5.82 Å². The summed E-state index contributed by atoms with van der Waals surface area (Å²) >= 11 is 1.35. The molecule has 140 valence electrons. The van der Waals surface area contributed by atoms with E-state index in [0.29, 0.717) is 23.9 Å². The first-order valence-corrected chi connectivity index (χ1v) is 9.45. The van der Waals surface area contributed by atoms with Crippen molar-refractivity contribution in [1.82, 2.24) is 14.8 Å². The molecule has 2 rings (SSSR count). The third-order valence-electron chi connectivity index (χ3n) is 4.09. The Morgan fingerprint density at radius 1 is 1.27 bits per heavy atom. The number of thioether (sulfide) groups is 1. The van der Waals surface area contributed by atoms with Crippen LogP contribution in [-0.4, -0.2) is 31.8 Å². The van der Waals surface area contributed by atoms with Crippen molar-refractivity contribution in [2.24, 2.45) is 5.73 Å². The van der Waals surface area contributed by atoms with Gasteiger partial charge in [-0.05, 0) is 38.8 Å². The van der Waals surface area contributed by atoms with Gasteiger partial charge in [-0.25, -0.2) is 0 Å². The van der Waals surface area contributed by atoms with E-state index in [1.807, 2.05) is 50.5 Å². The quantitative estimate of drug-likeness (QED) is 0.690. The number of aryl methyl sites for hydroxylation is 3. The van der Waals surface area contributed by atoms with E-state index in [9.17, 15) is 9.59 Å². The molecule has 8 heteroatoms. The van der Waals surface area contributed by atoms with E-state index in [4.69, 9.17) is 5.73 Å². The number of primary amides is 1. The lowest BCUT2D eigenvalue weighted by molar-refractivity contribution is -0.118. The lowest BCUT2D eigenvalue weighted by Crippen LogP contribution is -2.24. The highest BCUT2D eigenvalue weighted by atomic mass is 32.2. The molecule has 0 aliphatic heterocycles. The zero-order valence-corrected chi connectivity index (χ0v) is 16.4. The monoisotopic (exact) mass is 375 g/mol. The maximum absolute atomic E-state index is 12.6. The van der Waals surface area contributed by atoms with Crippen LogP contribution in [-0.2, 0) is 22.6 Å². The average Bonchev–Trinajstić information content (AvgIpc) is 2.97. The summed E-state index contributed by atoms with van der Waals surface area (Å²) in [6, 6.07) is 5.91. The zero-order valence-electron chi connectivity index (χ0n) is 15.6. The summed E-state index contributed by atoms with van der Waals surface area (Å²) in [5, 5.41) is 11.6. The van der Waals surface area contributed by atoms with Crippen molar-refractivity contribution in [2.45, 2.75) is 57.5 Å². The molecule has 0 radical (unpaired) electrons. The Bertz CT molecular complexity index is 783. The smallest absolute Gasteiger partial charge is 0.237 e. The van der Waals surface area contributed by atoms with E-state index < -0.39 is 0 Å². The molecule has 1 aromatic heterocycles. The second-order valence-electron chi connectivity index (χ2n) is 6.13. The molecule has 26 heavy (non-hydrogen) atoms. The number of aromatic nitrogens is 3. The molecule has 1 atom stereocenters. The first-order chi connectivity index (χ1) is 12.3. The first kappa shape index (κ1) is 20.0. The maximum atomic E-state index is 12.6. The Hall–Kier alpha value is -2.35. The first-order valence-electron chi connectivity index (χ1n) is 8.57. The summed E-state index contributed by atoms with van der Waals surface area (Å²) in [4.78, 5) is 23.6. The third kappa shape index (κ3) is 4.85. The van der Waals surface area contributed by atoms with Crippen LogP contribution in [0.1, 0.15) is 37.2 Å². The number of hydrogen-bond donors (Lipinski definition) is 2. The van der Waals surface area contributed by atoms with Gasteiger partial charge in [0.25, 0.3) is 0 Å². The van der Waals surface area contributed by atoms with Crippen LogP contribution in [0.2, 0.25) is 0 Å². The molecule has 0 bridgehead atoms. The average molecular weight is 375 g/mol. The fourth-order valence-electron chi connectivity index (χ4n) is 2.59. The number of nitrogens with zero attached hydrogens (tertiary/aromatic N) is 3. The minimum atomic E-state index is -0.369. The molecule has 0 unspecified atom stereocenters. The maximum Gasteiger partial charge on any atom is 0.237 e. The van der Waals surface area contributed by atoms with Gasteiger partial charge in [-0.2, -0.15) is 0 Å². The van der Waals surface area contributed by atoms with E-state index >= 15 is 0 Å². The summed E-state index contributed by atoms with van der Waals surface area (Å²) in [6.45, 7) is 8.42. The van der Waals surface area contributed by atoms with Gasteiger partial charge in [0.15, 0.2) is 5.16 Å². The molecule has 7 nitrogen and oxygen atoms in total. The van der Waals surface area contributed by atoms with Crippen molar-refractivity contribution in [3.05, 3.63) is 35.2 Å². The molecule has 0 aliphatic rings. The van der Waals surface area contributed by atoms with Gasteiger partial charge in [0.05, 0.1) is 5.25 Å². The van der Waals surface area contributed by atoms with Gasteiger partial charge in [0.2, 0.25) is 11.8 Å². The van der Waals surface area contributed by atoms with E-state index in [1.54, 1.807) is 0 Å². The number of para-hydroxylation sites is 1. The van der Waals surface area contributed by atoms with Gasteiger partial charge in [-0.3, -0.25) is 9.59 Å². The lowest BCUT2D eigenvalue weighted by atomic mass is 10.1. The number of carbonyl (C=O) groups excluding carboxylic acids is 2. The summed E-state index contributed by atoms with van der Waals surface area (Å²) in [5.74, 6) is 0.249. The van der Waals surface area contributed by atoms with Crippen LogP contribution in [0.3, 0.4) is 0 Å². The minimum Gasteiger partial charge on any atom is -0.370 e. The summed E-state index contributed by atoms with van der Waals surface area (Å²) in [6.07, 6.45) is 0.672. The van der Waals surface area contributed by atoms with Gasteiger partial charge >= 0.3 is 0 Å². The van der Waals surface area contributed by atoms with Crippen molar-refractivity contribution in [2.75, 3.05) is 5.32 Å². The zero-order chi connectivity index (χ0) is 19.3. The van der Waals surface area contributed by atoms with Gasteiger partial charge < -0.3 is 15.6 Å². The summed E-state index contributed by atoms with van der Waals surface area (Å²) in [7, 11) is 0. The van der Waals surface area contributed by atoms with Gasteiger partial charge in [0, 0.05) is 25.1 Å². The molecule has 2 amide bonds. The standard InChI is InChI=1S/C18H25N5O2S/c1-5-23-15(10-9-14(19)24)21-22-18(23)26-13(4)17(25)20-16-11(2)7-6-8-12(16)3/h6-8,13H,5,9-10H2,1-4H3,(H2,19,24)(H,20,25)/t13-/m1/s1. The number of amides is 2. The molecule has 0 saturated heterocycles. The number of carbonyl (C=O) groups is 2. The second-order valence-corrected chi connectivity index (χ2v) is 7.43. The fraction of sp³-hybridized carbons (Fsp3) is 0.444. The molecular weight excluding hydrogens is 350 g/mol. The van der Waals surface area contributed by atoms with Crippen LogP contribution in [0, 0.1) is 13.8 Å². The molecule has 3 N–H and O–H groups in total. The molecular formula is C18H25N5O2S. The van der Waals surface area contributed by atoms with Crippen molar-refractivity contribution < 1.29 is 9.59 Å². The van der Waals surface area contributed by atoms with Crippen LogP contribution in [0.5, 0.6) is 0 Å².